The molecule has 32 heavy (non-hydrogen) atoms. The summed E-state index contributed by atoms with van der Waals surface area (Å²) in [5.74, 6) is 2.51. The Kier molecular flexibility index (Phi) is 9.82. The van der Waals surface area contributed by atoms with Crippen LogP contribution < -0.4 is 0 Å². The van der Waals surface area contributed by atoms with Gasteiger partial charge in [-0.25, -0.2) is 4.98 Å². The Balaban J connectivity index is 0.000000214. The molecule has 0 spiro atoms. The fourth-order valence-corrected chi connectivity index (χ4v) is 2.48. The van der Waals surface area contributed by atoms with E-state index in [9.17, 15) is 0 Å². The van der Waals surface area contributed by atoms with Gasteiger partial charge in [-0.15, -0.1) is 10.2 Å². The van der Waals surface area contributed by atoms with E-state index in [4.69, 9.17) is 0 Å². The van der Waals surface area contributed by atoms with Crippen molar-refractivity contribution in [2.45, 2.75) is 55.4 Å². The Morgan fingerprint density at radius 1 is 0.531 bits per heavy atom. The first-order valence-electron chi connectivity index (χ1n) is 10.2. The molecule has 4 heterocycles. The van der Waals surface area contributed by atoms with Crippen LogP contribution in [0.5, 0.6) is 0 Å². The van der Waals surface area contributed by atoms with Gasteiger partial charge in [0.2, 0.25) is 0 Å². The van der Waals surface area contributed by atoms with Gasteiger partial charge in [0, 0.05) is 26.8 Å². The van der Waals surface area contributed by atoms with Gasteiger partial charge in [-0.2, -0.15) is 30.0 Å². The normalized spacial score (nSPS) is 9.88. The van der Waals surface area contributed by atoms with Gasteiger partial charge < -0.3 is 0 Å². The molecule has 0 fully saturated rings. The highest BCUT2D eigenvalue weighted by molar-refractivity contribution is 5.21. The lowest BCUT2D eigenvalue weighted by Gasteiger charge is -1.90. The van der Waals surface area contributed by atoms with E-state index < -0.39 is 0 Å². The van der Waals surface area contributed by atoms with Crippen LogP contribution in [0.25, 0.3) is 0 Å². The van der Waals surface area contributed by atoms with E-state index in [0.29, 0.717) is 5.82 Å². The van der Waals surface area contributed by atoms with E-state index in [-0.39, 0.29) is 0 Å². The maximum Gasteiger partial charge on any atom is 0.171 e. The first-order chi connectivity index (χ1) is 14.8. The van der Waals surface area contributed by atoms with E-state index in [1.54, 1.807) is 23.4 Å². The van der Waals surface area contributed by atoms with Crippen molar-refractivity contribution in [3.8, 4) is 0 Å². The molecule has 4 rings (SSSR count). The molecule has 0 aliphatic carbocycles. The summed E-state index contributed by atoms with van der Waals surface area (Å²) in [7, 11) is 7.41. The second-order valence-corrected chi connectivity index (χ2v) is 7.44. The van der Waals surface area contributed by atoms with Crippen molar-refractivity contribution < 1.29 is 0 Å². The van der Waals surface area contributed by atoms with Gasteiger partial charge in [0.05, 0.1) is 24.1 Å². The number of rotatable bonds is 0. The number of tetrazole rings is 1. The molecule has 176 valence electrons. The molecule has 4 aromatic heterocycles. The minimum Gasteiger partial charge on any atom is -0.272 e. The smallest absolute Gasteiger partial charge is 0.171 e. The summed E-state index contributed by atoms with van der Waals surface area (Å²) in [6.45, 7) is 15.7. The average molecular weight is 445 g/mol. The monoisotopic (exact) mass is 444 g/mol. The molecule has 0 saturated heterocycles. The fraction of sp³-hybridized carbons (Fsp3) is 0.600. The Labute approximate surface area is 189 Å². The van der Waals surface area contributed by atoms with Gasteiger partial charge in [-0.1, -0.05) is 0 Å². The second-order valence-electron chi connectivity index (χ2n) is 7.44. The predicted octanol–water partition coefficient (Wildman–Crippen LogP) is 1.73. The zero-order valence-electron chi connectivity index (χ0n) is 21.4. The Bertz CT molecular complexity index is 990. The summed E-state index contributed by atoms with van der Waals surface area (Å²) >= 11 is 0. The van der Waals surface area contributed by atoms with Crippen LogP contribution >= 0.6 is 0 Å². The predicted molar refractivity (Wildman–Crippen MR) is 122 cm³/mol. The van der Waals surface area contributed by atoms with Crippen LogP contribution in [0.2, 0.25) is 0 Å². The van der Waals surface area contributed by atoms with Crippen molar-refractivity contribution in [1.29, 1.82) is 0 Å². The van der Waals surface area contributed by atoms with Crippen LogP contribution in [0, 0.1) is 55.4 Å². The third-order valence-electron chi connectivity index (χ3n) is 4.68. The van der Waals surface area contributed by atoms with Gasteiger partial charge in [-0.3, -0.25) is 9.36 Å². The van der Waals surface area contributed by atoms with Crippen LogP contribution in [0.15, 0.2) is 0 Å². The van der Waals surface area contributed by atoms with Crippen molar-refractivity contribution in [1.82, 2.24) is 59.7 Å². The summed E-state index contributed by atoms with van der Waals surface area (Å²) in [6.07, 6.45) is 0. The summed E-state index contributed by atoms with van der Waals surface area (Å²) in [5.41, 5.74) is 5.71. The third kappa shape index (κ3) is 8.36. The molecule has 0 radical (unpaired) electrons. The number of aryl methyl sites for hydroxylation is 10. The largest absolute Gasteiger partial charge is 0.272 e. The third-order valence-corrected chi connectivity index (χ3v) is 4.68. The van der Waals surface area contributed by atoms with Crippen LogP contribution in [0.4, 0.5) is 0 Å². The van der Waals surface area contributed by atoms with Crippen molar-refractivity contribution in [2.75, 3.05) is 0 Å². The first-order valence-corrected chi connectivity index (χ1v) is 10.2. The quantitative estimate of drug-likeness (QED) is 0.402. The summed E-state index contributed by atoms with van der Waals surface area (Å²) in [6, 6.07) is 0. The van der Waals surface area contributed by atoms with E-state index in [1.807, 2.05) is 60.4 Å². The number of hydrogen-bond donors (Lipinski definition) is 0. The molecule has 0 amide bonds. The molecule has 0 aromatic carbocycles. The van der Waals surface area contributed by atoms with Crippen LogP contribution in [0.1, 0.15) is 45.8 Å². The average Bonchev–Trinajstić information content (AvgIpc) is 3.37. The maximum absolute atomic E-state index is 4.23. The highest BCUT2D eigenvalue weighted by Crippen LogP contribution is 2.08. The van der Waals surface area contributed by atoms with Crippen molar-refractivity contribution in [3.63, 3.8) is 0 Å². The molecular formula is C20H36N12. The van der Waals surface area contributed by atoms with Gasteiger partial charge in [-0.05, 0) is 66.2 Å². The zero-order valence-corrected chi connectivity index (χ0v) is 21.4. The molecule has 4 aromatic rings. The Morgan fingerprint density at radius 2 is 1.09 bits per heavy atom. The van der Waals surface area contributed by atoms with Crippen LogP contribution in [0.3, 0.4) is 0 Å². The summed E-state index contributed by atoms with van der Waals surface area (Å²) in [4.78, 5) is 7.06. The lowest BCUT2D eigenvalue weighted by Crippen LogP contribution is -1.92. The molecule has 0 aliphatic heterocycles. The SMILES string of the molecule is Cc1nc(C)n(C)n1.Cc1nn(C)c(C)c1C.Cc1nn(C)nc1C.Cc1nnn(C)n1. The van der Waals surface area contributed by atoms with Gasteiger partial charge in [0.25, 0.3) is 0 Å². The number of aromatic nitrogens is 12. The molecule has 0 unspecified atom stereocenters. The molecule has 0 atom stereocenters. The molecule has 0 N–H and O–H groups in total. The molecule has 0 aliphatic rings. The van der Waals surface area contributed by atoms with Crippen LogP contribution in [-0.2, 0) is 28.2 Å². The topological polar surface area (TPSA) is 123 Å². The minimum absolute atomic E-state index is 0.711. The van der Waals surface area contributed by atoms with E-state index >= 15 is 0 Å². The van der Waals surface area contributed by atoms with Crippen molar-refractivity contribution in [3.05, 3.63) is 45.8 Å². The van der Waals surface area contributed by atoms with E-state index in [0.717, 1.165) is 28.7 Å². The Morgan fingerprint density at radius 3 is 1.22 bits per heavy atom. The molecule has 12 heteroatoms. The lowest BCUT2D eigenvalue weighted by atomic mass is 10.2. The number of hydrogen-bond acceptors (Lipinski definition) is 8. The Hall–Kier alpha value is -3.44. The summed E-state index contributed by atoms with van der Waals surface area (Å²) < 4.78 is 3.67. The van der Waals surface area contributed by atoms with E-state index in [1.165, 1.54) is 16.1 Å². The minimum atomic E-state index is 0.711. The summed E-state index contributed by atoms with van der Waals surface area (Å²) in [5, 5.41) is 27.3. The molecule has 0 saturated carbocycles. The zero-order chi connectivity index (χ0) is 24.6. The van der Waals surface area contributed by atoms with Crippen LogP contribution in [-0.4, -0.2) is 59.7 Å². The highest BCUT2D eigenvalue weighted by Gasteiger charge is 2.01. The van der Waals surface area contributed by atoms with Gasteiger partial charge in [0.1, 0.15) is 11.6 Å². The molecular weight excluding hydrogens is 408 g/mol. The lowest BCUT2D eigenvalue weighted by molar-refractivity contribution is 0.629. The maximum atomic E-state index is 4.23. The van der Waals surface area contributed by atoms with Crippen molar-refractivity contribution >= 4 is 0 Å². The standard InChI is InChI=1S/C7H12N2.2C5H9N3.C3H6N4/c1-5-6(2)8-9(4)7(5)3;1-4-6-5(2)8(3)7-4;1-4-5(2)7-8(3)6-4;1-3-4-6-7(2)5-3/h1-4H3;2*1-3H3;1-2H3. The number of nitrogens with zero attached hydrogens (tertiary/aromatic N) is 12. The molecule has 12 nitrogen and oxygen atoms in total. The molecule has 0 bridgehead atoms. The van der Waals surface area contributed by atoms with Gasteiger partial charge in [0.15, 0.2) is 5.82 Å². The fourth-order valence-electron chi connectivity index (χ4n) is 2.48. The van der Waals surface area contributed by atoms with Crippen molar-refractivity contribution in [2.24, 2.45) is 28.2 Å². The first kappa shape index (κ1) is 26.6. The van der Waals surface area contributed by atoms with E-state index in [2.05, 4.69) is 54.6 Å². The van der Waals surface area contributed by atoms with Gasteiger partial charge >= 0.3 is 0 Å². The highest BCUT2D eigenvalue weighted by atomic mass is 15.6. The second kappa shape index (κ2) is 11.8.